The first-order chi connectivity index (χ1) is 13.0. The van der Waals surface area contributed by atoms with Crippen LogP contribution in [0.15, 0.2) is 30.3 Å². The molecule has 1 aliphatic rings. The number of ether oxygens (including phenoxy) is 3. The van der Waals surface area contributed by atoms with Gasteiger partial charge in [0, 0.05) is 18.2 Å². The lowest BCUT2D eigenvalue weighted by atomic mass is 10.2. The number of nitrogens with one attached hydrogen (secondary N) is 1. The van der Waals surface area contributed by atoms with E-state index in [0.29, 0.717) is 39.6 Å². The number of Topliss-reactive ketones (excluding diaryl/α,β-unsaturated/α-hetero) is 1. The molecule has 27 heavy (non-hydrogen) atoms. The van der Waals surface area contributed by atoms with Gasteiger partial charge in [-0.15, -0.1) is 11.3 Å². The minimum atomic E-state index is -0.622. The number of fused-ring (bicyclic) bond motifs is 1. The molecule has 3 rings (SSSR count). The molecule has 1 aromatic carbocycles. The average Bonchev–Trinajstić information content (AvgIpc) is 3.11. The van der Waals surface area contributed by atoms with Gasteiger partial charge in [0.1, 0.15) is 13.2 Å². The first kappa shape index (κ1) is 19.2. The molecule has 0 aliphatic carbocycles. The lowest BCUT2D eigenvalue weighted by Crippen LogP contribution is -2.21. The Morgan fingerprint density at radius 2 is 1.85 bits per heavy atom. The van der Waals surface area contributed by atoms with Crippen molar-refractivity contribution in [3.05, 3.63) is 39.5 Å². The summed E-state index contributed by atoms with van der Waals surface area (Å²) in [7, 11) is 0. The van der Waals surface area contributed by atoms with E-state index >= 15 is 0 Å². The molecule has 1 amide bonds. The molecular formula is C18H16ClNO6S. The van der Waals surface area contributed by atoms with E-state index in [4.69, 9.17) is 25.8 Å². The number of esters is 1. The van der Waals surface area contributed by atoms with Crippen LogP contribution in [0.5, 0.6) is 11.5 Å². The monoisotopic (exact) mass is 409 g/mol. The van der Waals surface area contributed by atoms with Crippen LogP contribution in [0.2, 0.25) is 4.34 Å². The van der Waals surface area contributed by atoms with Gasteiger partial charge < -0.3 is 19.5 Å². The first-order valence-corrected chi connectivity index (χ1v) is 9.34. The summed E-state index contributed by atoms with van der Waals surface area (Å²) in [6.07, 6.45) is -0.106. The van der Waals surface area contributed by atoms with Crippen LogP contribution in [0.4, 0.5) is 5.69 Å². The maximum atomic E-state index is 11.9. The summed E-state index contributed by atoms with van der Waals surface area (Å²) in [5.41, 5.74) is 0.505. The van der Waals surface area contributed by atoms with E-state index in [1.54, 1.807) is 30.3 Å². The van der Waals surface area contributed by atoms with Gasteiger partial charge in [-0.2, -0.15) is 0 Å². The predicted molar refractivity (Wildman–Crippen MR) is 99.9 cm³/mol. The Labute approximate surface area is 164 Å². The normalized spacial score (nSPS) is 12.3. The van der Waals surface area contributed by atoms with Crippen LogP contribution in [0, 0.1) is 0 Å². The van der Waals surface area contributed by atoms with Crippen LogP contribution in [-0.2, 0) is 14.3 Å². The van der Waals surface area contributed by atoms with E-state index in [-0.39, 0.29) is 18.6 Å². The standard InChI is InChI=1S/C18H16ClNO6S/c19-16-5-4-15(27-16)12(21)2-6-18(23)26-10-17(22)20-11-1-3-13-14(9-11)25-8-7-24-13/h1,3-5,9H,2,6-8,10H2,(H,20,22). The van der Waals surface area contributed by atoms with E-state index in [2.05, 4.69) is 5.32 Å². The molecule has 0 saturated carbocycles. The summed E-state index contributed by atoms with van der Waals surface area (Å²) in [4.78, 5) is 36.0. The molecule has 0 spiro atoms. The molecule has 0 atom stereocenters. The molecule has 1 N–H and O–H groups in total. The third kappa shape index (κ3) is 5.45. The van der Waals surface area contributed by atoms with Crippen molar-refractivity contribution < 1.29 is 28.6 Å². The highest BCUT2D eigenvalue weighted by Crippen LogP contribution is 2.32. The molecule has 9 heteroatoms. The molecule has 142 valence electrons. The van der Waals surface area contributed by atoms with Crippen LogP contribution in [0.25, 0.3) is 0 Å². The van der Waals surface area contributed by atoms with Crippen molar-refractivity contribution in [3.63, 3.8) is 0 Å². The second kappa shape index (κ2) is 8.88. The highest BCUT2D eigenvalue weighted by atomic mass is 35.5. The highest BCUT2D eigenvalue weighted by Gasteiger charge is 2.15. The first-order valence-electron chi connectivity index (χ1n) is 8.15. The molecule has 0 fully saturated rings. The maximum absolute atomic E-state index is 11.9. The van der Waals surface area contributed by atoms with Crippen LogP contribution < -0.4 is 14.8 Å². The molecule has 7 nitrogen and oxygen atoms in total. The molecule has 0 saturated heterocycles. The van der Waals surface area contributed by atoms with Crippen LogP contribution in [0.1, 0.15) is 22.5 Å². The van der Waals surface area contributed by atoms with Crippen molar-refractivity contribution in [3.8, 4) is 11.5 Å². The summed E-state index contributed by atoms with van der Waals surface area (Å²) < 4.78 is 16.2. The fourth-order valence-electron chi connectivity index (χ4n) is 2.34. The third-order valence-corrected chi connectivity index (χ3v) is 4.87. The summed E-state index contributed by atoms with van der Waals surface area (Å²) in [6, 6.07) is 8.23. The summed E-state index contributed by atoms with van der Waals surface area (Å²) in [6.45, 7) is 0.487. The molecule has 2 heterocycles. The Morgan fingerprint density at radius 1 is 1.07 bits per heavy atom. The van der Waals surface area contributed by atoms with Gasteiger partial charge in [-0.3, -0.25) is 14.4 Å². The van der Waals surface area contributed by atoms with E-state index in [0.717, 1.165) is 11.3 Å². The summed E-state index contributed by atoms with van der Waals surface area (Å²) in [5.74, 6) is -0.144. The third-order valence-electron chi connectivity index (χ3n) is 3.59. The second-order valence-corrected chi connectivity index (χ2v) is 7.31. The molecule has 2 aromatic rings. The summed E-state index contributed by atoms with van der Waals surface area (Å²) >= 11 is 6.93. The zero-order valence-electron chi connectivity index (χ0n) is 14.2. The van der Waals surface area contributed by atoms with Gasteiger partial charge >= 0.3 is 5.97 Å². The number of rotatable bonds is 7. The van der Waals surface area contributed by atoms with Crippen LogP contribution >= 0.6 is 22.9 Å². The van der Waals surface area contributed by atoms with Gasteiger partial charge in [0.2, 0.25) is 0 Å². The Morgan fingerprint density at radius 3 is 2.59 bits per heavy atom. The molecule has 1 aliphatic heterocycles. The zero-order valence-corrected chi connectivity index (χ0v) is 15.7. The number of amides is 1. The number of thiophene rings is 1. The van der Waals surface area contributed by atoms with Gasteiger partial charge in [0.15, 0.2) is 23.9 Å². The van der Waals surface area contributed by atoms with Crippen molar-refractivity contribution in [1.82, 2.24) is 0 Å². The molecule has 1 aromatic heterocycles. The number of carbonyl (C=O) groups is 3. The SMILES string of the molecule is O=C(COC(=O)CCC(=O)c1ccc(Cl)s1)Nc1ccc2c(c1)OCCO2. The van der Waals surface area contributed by atoms with Crippen molar-refractivity contribution in [2.45, 2.75) is 12.8 Å². The smallest absolute Gasteiger partial charge is 0.306 e. The van der Waals surface area contributed by atoms with Gasteiger partial charge in [-0.05, 0) is 24.3 Å². The second-order valence-electron chi connectivity index (χ2n) is 5.59. The van der Waals surface area contributed by atoms with Gasteiger partial charge in [-0.25, -0.2) is 0 Å². The number of hydrogen-bond donors (Lipinski definition) is 1. The van der Waals surface area contributed by atoms with E-state index < -0.39 is 18.5 Å². The highest BCUT2D eigenvalue weighted by molar-refractivity contribution is 7.18. The number of hydrogen-bond acceptors (Lipinski definition) is 7. The molecule has 0 radical (unpaired) electrons. The summed E-state index contributed by atoms with van der Waals surface area (Å²) in [5, 5.41) is 2.61. The Kier molecular flexibility index (Phi) is 6.31. The van der Waals surface area contributed by atoms with Gasteiger partial charge in [0.05, 0.1) is 15.6 Å². The lowest BCUT2D eigenvalue weighted by Gasteiger charge is -2.19. The fraction of sp³-hybridized carbons (Fsp3) is 0.278. The Bertz CT molecular complexity index is 865. The molecule has 0 bridgehead atoms. The van der Waals surface area contributed by atoms with Gasteiger partial charge in [-0.1, -0.05) is 11.6 Å². The number of carbonyl (C=O) groups excluding carboxylic acids is 3. The number of anilines is 1. The predicted octanol–water partition coefficient (Wildman–Crippen LogP) is 3.32. The number of benzene rings is 1. The minimum absolute atomic E-state index is 0.000540. The Balaban J connectivity index is 1.41. The average molecular weight is 410 g/mol. The van der Waals surface area contributed by atoms with Crippen LogP contribution in [0.3, 0.4) is 0 Å². The molecular weight excluding hydrogens is 394 g/mol. The zero-order chi connectivity index (χ0) is 19.2. The van der Waals surface area contributed by atoms with Crippen LogP contribution in [-0.4, -0.2) is 37.5 Å². The van der Waals surface area contributed by atoms with Gasteiger partial charge in [0.25, 0.3) is 5.91 Å². The van der Waals surface area contributed by atoms with Crippen molar-refractivity contribution in [2.24, 2.45) is 0 Å². The number of ketones is 1. The topological polar surface area (TPSA) is 90.9 Å². The van der Waals surface area contributed by atoms with Crippen molar-refractivity contribution in [1.29, 1.82) is 0 Å². The van der Waals surface area contributed by atoms with E-state index in [1.807, 2.05) is 0 Å². The van der Waals surface area contributed by atoms with Crippen molar-refractivity contribution >= 4 is 46.3 Å². The van der Waals surface area contributed by atoms with E-state index in [9.17, 15) is 14.4 Å². The minimum Gasteiger partial charge on any atom is -0.486 e. The fourth-order valence-corrected chi connectivity index (χ4v) is 3.35. The lowest BCUT2D eigenvalue weighted by molar-refractivity contribution is -0.147. The Hall–Kier alpha value is -2.58. The van der Waals surface area contributed by atoms with E-state index in [1.165, 1.54) is 0 Å². The maximum Gasteiger partial charge on any atom is 0.306 e. The largest absolute Gasteiger partial charge is 0.486 e. The number of halogens is 1. The van der Waals surface area contributed by atoms with Crippen molar-refractivity contribution in [2.75, 3.05) is 25.1 Å². The molecule has 0 unspecified atom stereocenters. The quantitative estimate of drug-likeness (QED) is 0.557.